The van der Waals surface area contributed by atoms with Crippen molar-refractivity contribution in [1.82, 2.24) is 4.90 Å². The van der Waals surface area contributed by atoms with Crippen molar-refractivity contribution in [2.24, 2.45) is 10.9 Å². The third kappa shape index (κ3) is 3.12. The van der Waals surface area contributed by atoms with Crippen LogP contribution in [0.1, 0.15) is 12.8 Å². The summed E-state index contributed by atoms with van der Waals surface area (Å²) in [5.41, 5.74) is 0.834. The highest BCUT2D eigenvalue weighted by molar-refractivity contribution is 5.95. The lowest BCUT2D eigenvalue weighted by atomic mass is 9.90. The summed E-state index contributed by atoms with van der Waals surface area (Å²) in [5, 5.41) is 9.00. The highest BCUT2D eigenvalue weighted by atomic mass is 19.1. The molecule has 0 aromatic carbocycles. The minimum atomic E-state index is -0.781. The fourth-order valence-corrected chi connectivity index (χ4v) is 3.15. The number of ether oxygens (including phenoxy) is 1. The minimum absolute atomic E-state index is 0.0395. The van der Waals surface area contributed by atoms with Gasteiger partial charge in [0.2, 0.25) is 5.90 Å². The molecule has 2 heterocycles. The summed E-state index contributed by atoms with van der Waals surface area (Å²) in [7, 11) is 1.91. The average Bonchev–Trinajstić information content (AvgIpc) is 2.83. The van der Waals surface area contributed by atoms with E-state index in [0.717, 1.165) is 5.57 Å². The van der Waals surface area contributed by atoms with Crippen molar-refractivity contribution < 1.29 is 9.13 Å². The third-order valence-electron chi connectivity index (χ3n) is 4.40. The number of allylic oxidation sites excluding steroid dienone is 2. The largest absolute Gasteiger partial charge is 0.476 e. The summed E-state index contributed by atoms with van der Waals surface area (Å²) >= 11 is 0. The molecule has 1 saturated heterocycles. The molecular formula is C17H20FN3O. The quantitative estimate of drug-likeness (QED) is 0.804. The number of dihydropyridines is 1. The summed E-state index contributed by atoms with van der Waals surface area (Å²) in [4.78, 5) is 6.61. The van der Waals surface area contributed by atoms with Crippen LogP contribution in [0.5, 0.6) is 0 Å². The standard InChI is InChI=1S/C17H20FN3O/c1-21-10-14(18)9-15(21)11-22-17-13(6-7-19)8-12-4-2-3-5-16(12)20-17/h2-5,8,12,14-16H,6,9-11H2,1H3/t12?,14-,15?,16?/m1/s1. The van der Waals surface area contributed by atoms with Gasteiger partial charge >= 0.3 is 0 Å². The summed E-state index contributed by atoms with van der Waals surface area (Å²) in [6.45, 7) is 0.870. The average molecular weight is 301 g/mol. The summed E-state index contributed by atoms with van der Waals surface area (Å²) in [6, 6.07) is 2.27. The zero-order valence-electron chi connectivity index (χ0n) is 12.7. The van der Waals surface area contributed by atoms with Gasteiger partial charge in [-0.2, -0.15) is 5.26 Å². The topological polar surface area (TPSA) is 48.6 Å². The highest BCUT2D eigenvalue weighted by Crippen LogP contribution is 2.27. The number of halogens is 1. The fraction of sp³-hybridized carbons (Fsp3) is 0.529. The first-order chi connectivity index (χ1) is 10.7. The molecule has 116 valence electrons. The van der Waals surface area contributed by atoms with Gasteiger partial charge in [-0.1, -0.05) is 30.4 Å². The van der Waals surface area contributed by atoms with Gasteiger partial charge < -0.3 is 4.74 Å². The number of hydrogen-bond acceptors (Lipinski definition) is 4. The number of fused-ring (bicyclic) bond motifs is 1. The van der Waals surface area contributed by atoms with E-state index in [9.17, 15) is 4.39 Å². The predicted molar refractivity (Wildman–Crippen MR) is 83.2 cm³/mol. The molecule has 0 saturated carbocycles. The van der Waals surface area contributed by atoms with Crippen LogP contribution >= 0.6 is 0 Å². The molecule has 2 aliphatic heterocycles. The number of nitrogens with zero attached hydrogens (tertiary/aromatic N) is 3. The predicted octanol–water partition coefficient (Wildman–Crippen LogP) is 2.41. The Kier molecular flexibility index (Phi) is 4.39. The number of nitriles is 1. The van der Waals surface area contributed by atoms with Crippen LogP contribution in [0.4, 0.5) is 4.39 Å². The van der Waals surface area contributed by atoms with Crippen LogP contribution < -0.4 is 0 Å². The third-order valence-corrected chi connectivity index (χ3v) is 4.40. The zero-order chi connectivity index (χ0) is 15.5. The molecule has 22 heavy (non-hydrogen) atoms. The van der Waals surface area contributed by atoms with Crippen molar-refractivity contribution in [2.45, 2.75) is 31.1 Å². The molecular weight excluding hydrogens is 281 g/mol. The molecule has 1 fully saturated rings. The maximum atomic E-state index is 13.4. The van der Waals surface area contributed by atoms with E-state index in [1.807, 2.05) is 30.2 Å². The van der Waals surface area contributed by atoms with E-state index in [1.54, 1.807) is 0 Å². The van der Waals surface area contributed by atoms with Crippen molar-refractivity contribution >= 4 is 5.90 Å². The Balaban J connectivity index is 1.69. The Morgan fingerprint density at radius 2 is 2.27 bits per heavy atom. The second-order valence-corrected chi connectivity index (χ2v) is 6.04. The van der Waals surface area contributed by atoms with Gasteiger partial charge in [0.25, 0.3) is 0 Å². The first-order valence-corrected chi connectivity index (χ1v) is 7.65. The van der Waals surface area contributed by atoms with Crippen LogP contribution in [-0.2, 0) is 4.74 Å². The van der Waals surface area contributed by atoms with Crippen molar-refractivity contribution in [3.63, 3.8) is 0 Å². The lowest BCUT2D eigenvalue weighted by Crippen LogP contribution is -2.32. The first kappa shape index (κ1) is 15.0. The van der Waals surface area contributed by atoms with E-state index in [0.29, 0.717) is 25.5 Å². The Morgan fingerprint density at radius 1 is 1.45 bits per heavy atom. The Bertz CT molecular complexity index is 587. The summed E-state index contributed by atoms with van der Waals surface area (Å²) in [6.07, 6.45) is 10.2. The van der Waals surface area contributed by atoms with E-state index in [1.165, 1.54) is 0 Å². The number of likely N-dealkylation sites (tertiary alicyclic amines) is 1. The van der Waals surface area contributed by atoms with Crippen LogP contribution in [-0.4, -0.2) is 49.3 Å². The SMILES string of the molecule is CN1C[C@H](F)CC1COC1=NC2C=CC=CC2C=C1CC#N. The van der Waals surface area contributed by atoms with Crippen molar-refractivity contribution in [1.29, 1.82) is 5.26 Å². The monoisotopic (exact) mass is 301 g/mol. The Morgan fingerprint density at radius 3 is 3.00 bits per heavy atom. The van der Waals surface area contributed by atoms with Crippen molar-refractivity contribution in [3.8, 4) is 6.07 Å². The van der Waals surface area contributed by atoms with Crippen LogP contribution in [0.15, 0.2) is 40.9 Å². The van der Waals surface area contributed by atoms with Crippen molar-refractivity contribution in [3.05, 3.63) is 36.0 Å². The molecule has 0 aromatic heterocycles. The van der Waals surface area contributed by atoms with E-state index >= 15 is 0 Å². The van der Waals surface area contributed by atoms with Crippen LogP contribution in [0, 0.1) is 17.2 Å². The van der Waals surface area contributed by atoms with E-state index in [2.05, 4.69) is 23.2 Å². The van der Waals surface area contributed by atoms with Gasteiger partial charge in [0.15, 0.2) is 0 Å². The number of rotatable bonds is 3. The number of alkyl halides is 1. The normalized spacial score (nSPS) is 33.9. The van der Waals surface area contributed by atoms with Gasteiger partial charge in [0, 0.05) is 24.1 Å². The zero-order valence-corrected chi connectivity index (χ0v) is 12.7. The molecule has 0 N–H and O–H groups in total. The van der Waals surface area contributed by atoms with Crippen molar-refractivity contribution in [2.75, 3.05) is 20.2 Å². The molecule has 0 amide bonds. The molecule has 0 aromatic rings. The first-order valence-electron chi connectivity index (χ1n) is 7.65. The number of likely N-dealkylation sites (N-methyl/N-ethyl adjacent to an activating group) is 1. The number of aliphatic imine (C=N–C) groups is 1. The van der Waals surface area contributed by atoms with Gasteiger partial charge in [0.05, 0.1) is 18.5 Å². The van der Waals surface area contributed by atoms with E-state index in [4.69, 9.17) is 10.00 Å². The highest BCUT2D eigenvalue weighted by Gasteiger charge is 2.31. The summed E-state index contributed by atoms with van der Waals surface area (Å²) in [5.74, 6) is 0.739. The summed E-state index contributed by atoms with van der Waals surface area (Å²) < 4.78 is 19.3. The molecule has 3 unspecified atom stereocenters. The number of hydrogen-bond donors (Lipinski definition) is 0. The van der Waals surface area contributed by atoms with E-state index in [-0.39, 0.29) is 24.4 Å². The van der Waals surface area contributed by atoms with Gasteiger partial charge in [-0.25, -0.2) is 9.38 Å². The lowest BCUT2D eigenvalue weighted by molar-refractivity contribution is 0.188. The second-order valence-electron chi connectivity index (χ2n) is 6.04. The van der Waals surface area contributed by atoms with Gasteiger partial charge in [-0.15, -0.1) is 0 Å². The van der Waals surface area contributed by atoms with Gasteiger partial charge in [0.1, 0.15) is 12.8 Å². The molecule has 1 aliphatic carbocycles. The van der Waals surface area contributed by atoms with Gasteiger partial charge in [-0.3, -0.25) is 4.90 Å². The maximum absolute atomic E-state index is 13.4. The van der Waals surface area contributed by atoms with Crippen LogP contribution in [0.25, 0.3) is 0 Å². The second kappa shape index (κ2) is 6.45. The molecule has 4 atom stereocenters. The molecule has 0 radical (unpaired) electrons. The molecule has 3 aliphatic rings. The molecule has 0 bridgehead atoms. The molecule has 3 rings (SSSR count). The molecule has 4 nitrogen and oxygen atoms in total. The molecule has 0 spiro atoms. The Labute approximate surface area is 130 Å². The van der Waals surface area contributed by atoms with E-state index < -0.39 is 6.17 Å². The lowest BCUT2D eigenvalue weighted by Gasteiger charge is -2.27. The Hall–Kier alpha value is -1.93. The smallest absolute Gasteiger partial charge is 0.213 e. The fourth-order valence-electron chi connectivity index (χ4n) is 3.15. The van der Waals surface area contributed by atoms with Crippen LogP contribution in [0.2, 0.25) is 0 Å². The van der Waals surface area contributed by atoms with Gasteiger partial charge in [-0.05, 0) is 13.5 Å². The van der Waals surface area contributed by atoms with Crippen LogP contribution in [0.3, 0.4) is 0 Å². The minimum Gasteiger partial charge on any atom is -0.476 e. The molecule has 5 heteroatoms. The maximum Gasteiger partial charge on any atom is 0.213 e.